The van der Waals surface area contributed by atoms with E-state index in [9.17, 15) is 5.11 Å². The summed E-state index contributed by atoms with van der Waals surface area (Å²) in [6.07, 6.45) is 1.06. The number of halogens is 1. The van der Waals surface area contributed by atoms with Gasteiger partial charge in [-0.1, -0.05) is 48.9 Å². The van der Waals surface area contributed by atoms with E-state index in [0.29, 0.717) is 18.1 Å². The maximum absolute atomic E-state index is 10.3. The second-order valence-corrected chi connectivity index (χ2v) is 6.00. The molecule has 0 aliphatic rings. The Labute approximate surface area is 137 Å². The summed E-state index contributed by atoms with van der Waals surface area (Å²) in [5.41, 5.74) is 3.02. The maximum Gasteiger partial charge on any atom is 0.131 e. The highest BCUT2D eigenvalue weighted by atomic mass is 35.5. The topological polar surface area (TPSA) is 50.1 Å². The molecular weight excluding hydrogens is 298 g/mol. The average molecular weight is 322 g/mol. The summed E-state index contributed by atoms with van der Waals surface area (Å²) in [6.45, 7) is 4.81. The normalized spacial score (nSPS) is 14.0. The summed E-state index contributed by atoms with van der Waals surface area (Å²) in [5, 5.41) is 18.8. The molecule has 1 heterocycles. The van der Waals surface area contributed by atoms with Crippen molar-refractivity contribution in [3.05, 3.63) is 52.3 Å². The number of aliphatic hydroxyl groups excluding tert-OH is 1. The standard InChI is InChI=1S/C17H24ClN3O/c1-4-15-14(17(18)21(3)20-15)11-19-12(2)10-16(22)13-8-6-5-7-9-13/h5-9,12,16,19,22H,4,10-11H2,1-3H3. The van der Waals surface area contributed by atoms with Gasteiger partial charge in [-0.3, -0.25) is 4.68 Å². The highest BCUT2D eigenvalue weighted by molar-refractivity contribution is 6.30. The molecule has 0 bridgehead atoms. The van der Waals surface area contributed by atoms with Crippen LogP contribution in [0.5, 0.6) is 0 Å². The molecule has 0 spiro atoms. The zero-order valence-corrected chi connectivity index (χ0v) is 14.1. The van der Waals surface area contributed by atoms with Crippen LogP contribution in [-0.2, 0) is 20.0 Å². The van der Waals surface area contributed by atoms with Crippen molar-refractivity contribution in [2.75, 3.05) is 0 Å². The van der Waals surface area contributed by atoms with Crippen LogP contribution in [0.4, 0.5) is 0 Å². The first-order chi connectivity index (χ1) is 10.5. The van der Waals surface area contributed by atoms with E-state index in [1.165, 1.54) is 0 Å². The second kappa shape index (κ2) is 7.77. The van der Waals surface area contributed by atoms with E-state index in [1.54, 1.807) is 4.68 Å². The number of nitrogens with one attached hydrogen (secondary N) is 1. The van der Waals surface area contributed by atoms with Crippen molar-refractivity contribution in [1.29, 1.82) is 0 Å². The van der Waals surface area contributed by atoms with E-state index < -0.39 is 6.10 Å². The molecule has 2 unspecified atom stereocenters. The minimum atomic E-state index is -0.460. The lowest BCUT2D eigenvalue weighted by Crippen LogP contribution is -2.27. The summed E-state index contributed by atoms with van der Waals surface area (Å²) in [5.74, 6) is 0. The number of hydrogen-bond acceptors (Lipinski definition) is 3. The van der Waals surface area contributed by atoms with E-state index in [4.69, 9.17) is 11.6 Å². The van der Waals surface area contributed by atoms with Crippen LogP contribution in [-0.4, -0.2) is 20.9 Å². The third-order valence-electron chi connectivity index (χ3n) is 3.88. The minimum Gasteiger partial charge on any atom is -0.388 e. The van der Waals surface area contributed by atoms with Gasteiger partial charge in [-0.25, -0.2) is 0 Å². The SMILES string of the molecule is CCc1nn(C)c(Cl)c1CNC(C)CC(O)c1ccccc1. The van der Waals surface area contributed by atoms with Crippen molar-refractivity contribution in [3.8, 4) is 0 Å². The highest BCUT2D eigenvalue weighted by Crippen LogP contribution is 2.21. The zero-order chi connectivity index (χ0) is 16.1. The molecule has 0 amide bonds. The lowest BCUT2D eigenvalue weighted by Gasteiger charge is -2.18. The Kier molecular flexibility index (Phi) is 6.00. The summed E-state index contributed by atoms with van der Waals surface area (Å²) in [7, 11) is 1.85. The molecule has 22 heavy (non-hydrogen) atoms. The first kappa shape index (κ1) is 17.0. The molecule has 1 aromatic heterocycles. The summed E-state index contributed by atoms with van der Waals surface area (Å²) >= 11 is 6.29. The van der Waals surface area contributed by atoms with Crippen LogP contribution in [0.1, 0.15) is 43.2 Å². The first-order valence-corrected chi connectivity index (χ1v) is 8.07. The van der Waals surface area contributed by atoms with E-state index in [2.05, 4.69) is 24.3 Å². The van der Waals surface area contributed by atoms with Gasteiger partial charge >= 0.3 is 0 Å². The van der Waals surface area contributed by atoms with Crippen molar-refractivity contribution in [1.82, 2.24) is 15.1 Å². The zero-order valence-electron chi connectivity index (χ0n) is 13.4. The van der Waals surface area contributed by atoms with E-state index >= 15 is 0 Å². The lowest BCUT2D eigenvalue weighted by atomic mass is 10.0. The number of hydrogen-bond donors (Lipinski definition) is 2. The molecule has 2 atom stereocenters. The molecule has 2 N–H and O–H groups in total. The van der Waals surface area contributed by atoms with E-state index in [1.807, 2.05) is 37.4 Å². The Balaban J connectivity index is 1.92. The van der Waals surface area contributed by atoms with Crippen LogP contribution in [0.3, 0.4) is 0 Å². The smallest absolute Gasteiger partial charge is 0.131 e. The molecule has 2 aromatic rings. The molecule has 0 aliphatic heterocycles. The van der Waals surface area contributed by atoms with Crippen LogP contribution in [0, 0.1) is 0 Å². The van der Waals surface area contributed by atoms with Gasteiger partial charge in [-0.2, -0.15) is 5.10 Å². The van der Waals surface area contributed by atoms with Crippen LogP contribution in [0.15, 0.2) is 30.3 Å². The Bertz CT molecular complexity index is 597. The molecule has 120 valence electrons. The van der Waals surface area contributed by atoms with E-state index in [0.717, 1.165) is 23.2 Å². The molecule has 0 radical (unpaired) electrons. The molecule has 2 rings (SSSR count). The molecule has 0 fully saturated rings. The molecular formula is C17H24ClN3O. The van der Waals surface area contributed by atoms with Crippen molar-refractivity contribution in [2.24, 2.45) is 7.05 Å². The second-order valence-electron chi connectivity index (χ2n) is 5.64. The molecule has 0 saturated carbocycles. The van der Waals surface area contributed by atoms with Gasteiger partial charge in [0.2, 0.25) is 0 Å². The van der Waals surface area contributed by atoms with Crippen molar-refractivity contribution < 1.29 is 5.11 Å². The van der Waals surface area contributed by atoms with Gasteiger partial charge in [-0.05, 0) is 25.3 Å². The number of aryl methyl sites for hydroxylation is 2. The fourth-order valence-electron chi connectivity index (χ4n) is 2.56. The van der Waals surface area contributed by atoms with Gasteiger partial charge < -0.3 is 10.4 Å². The first-order valence-electron chi connectivity index (χ1n) is 7.69. The van der Waals surface area contributed by atoms with Crippen LogP contribution >= 0.6 is 11.6 Å². The monoisotopic (exact) mass is 321 g/mol. The molecule has 5 heteroatoms. The number of aromatic nitrogens is 2. The Morgan fingerprint density at radius 2 is 2.00 bits per heavy atom. The van der Waals surface area contributed by atoms with Crippen molar-refractivity contribution in [3.63, 3.8) is 0 Å². The molecule has 0 saturated heterocycles. The van der Waals surface area contributed by atoms with Crippen molar-refractivity contribution >= 4 is 11.6 Å². The number of aliphatic hydroxyl groups is 1. The molecule has 1 aromatic carbocycles. The number of rotatable bonds is 7. The van der Waals surface area contributed by atoms with Crippen LogP contribution in [0.25, 0.3) is 0 Å². The summed E-state index contributed by atoms with van der Waals surface area (Å²) < 4.78 is 1.71. The van der Waals surface area contributed by atoms with Gasteiger partial charge in [0.1, 0.15) is 5.15 Å². The van der Waals surface area contributed by atoms with Gasteiger partial charge in [0, 0.05) is 25.2 Å². The van der Waals surface area contributed by atoms with Gasteiger partial charge in [0.05, 0.1) is 11.8 Å². The Hall–Kier alpha value is -1.36. The maximum atomic E-state index is 10.3. The predicted molar refractivity (Wildman–Crippen MR) is 89.9 cm³/mol. The Morgan fingerprint density at radius 3 is 2.64 bits per heavy atom. The third kappa shape index (κ3) is 4.09. The summed E-state index contributed by atoms with van der Waals surface area (Å²) in [4.78, 5) is 0. The Morgan fingerprint density at radius 1 is 1.32 bits per heavy atom. The van der Waals surface area contributed by atoms with Crippen LogP contribution in [0.2, 0.25) is 5.15 Å². The fraction of sp³-hybridized carbons (Fsp3) is 0.471. The molecule has 4 nitrogen and oxygen atoms in total. The van der Waals surface area contributed by atoms with Gasteiger partial charge in [0.25, 0.3) is 0 Å². The highest BCUT2D eigenvalue weighted by Gasteiger charge is 2.16. The number of benzene rings is 1. The lowest BCUT2D eigenvalue weighted by molar-refractivity contribution is 0.154. The predicted octanol–water partition coefficient (Wildman–Crippen LogP) is 3.24. The molecule has 0 aliphatic carbocycles. The van der Waals surface area contributed by atoms with Crippen LogP contribution < -0.4 is 5.32 Å². The summed E-state index contributed by atoms with van der Waals surface area (Å²) in [6, 6.07) is 9.92. The quantitative estimate of drug-likeness (QED) is 0.823. The van der Waals surface area contributed by atoms with Gasteiger partial charge in [-0.15, -0.1) is 0 Å². The number of nitrogens with zero attached hydrogens (tertiary/aromatic N) is 2. The van der Waals surface area contributed by atoms with Gasteiger partial charge in [0.15, 0.2) is 0 Å². The minimum absolute atomic E-state index is 0.177. The van der Waals surface area contributed by atoms with E-state index in [-0.39, 0.29) is 6.04 Å². The largest absolute Gasteiger partial charge is 0.388 e. The van der Waals surface area contributed by atoms with Crippen molar-refractivity contribution in [2.45, 2.75) is 45.4 Å². The third-order valence-corrected chi connectivity index (χ3v) is 4.35. The average Bonchev–Trinajstić information content (AvgIpc) is 2.80. The fourth-order valence-corrected chi connectivity index (χ4v) is 2.78.